The third-order valence-corrected chi connectivity index (χ3v) is 4.56. The quantitative estimate of drug-likeness (QED) is 0.570. The number of carbonyl (C=O) groups excluding carboxylic acids is 5. The van der Waals surface area contributed by atoms with Crippen LogP contribution < -0.4 is 5.32 Å². The minimum absolute atomic E-state index is 0.0410. The van der Waals surface area contributed by atoms with Crippen LogP contribution in [-0.4, -0.2) is 55.3 Å². The Labute approximate surface area is 171 Å². The predicted molar refractivity (Wildman–Crippen MR) is 104 cm³/mol. The van der Waals surface area contributed by atoms with Gasteiger partial charge in [-0.3, -0.25) is 19.3 Å². The summed E-state index contributed by atoms with van der Waals surface area (Å²) in [6, 6.07) is 10.4. The van der Waals surface area contributed by atoms with Crippen molar-refractivity contribution in [2.45, 2.75) is 6.42 Å². The number of nitrogens with one attached hydrogen (secondary N) is 1. The molecule has 0 aliphatic carbocycles. The van der Waals surface area contributed by atoms with Gasteiger partial charge in [0.25, 0.3) is 11.8 Å². The number of carbonyl (C=O) groups is 5. The molecule has 0 saturated heterocycles. The van der Waals surface area contributed by atoms with Crippen LogP contribution in [-0.2, 0) is 14.3 Å². The molecule has 2 aromatic carbocycles. The SMILES string of the molecule is COC(=O)c1ccc(C(=O)OC)c(NC(=O)CCN2C(=O)c3ccccc3C2=O)c1. The molecule has 1 N–H and O–H groups in total. The van der Waals surface area contributed by atoms with Gasteiger partial charge in [-0.25, -0.2) is 9.59 Å². The average molecular weight is 410 g/mol. The molecule has 30 heavy (non-hydrogen) atoms. The fourth-order valence-electron chi connectivity index (χ4n) is 3.05. The fraction of sp³-hybridized carbons (Fsp3) is 0.190. The molecule has 0 unspecified atom stereocenters. The molecule has 0 saturated carbocycles. The van der Waals surface area contributed by atoms with Gasteiger partial charge in [0, 0.05) is 13.0 Å². The van der Waals surface area contributed by atoms with Gasteiger partial charge in [0.2, 0.25) is 5.91 Å². The number of fused-ring (bicyclic) bond motifs is 1. The number of amides is 3. The number of nitrogens with zero attached hydrogens (tertiary/aromatic N) is 1. The molecule has 0 bridgehead atoms. The maximum absolute atomic E-state index is 12.4. The number of ether oxygens (including phenoxy) is 2. The minimum Gasteiger partial charge on any atom is -0.465 e. The third-order valence-electron chi connectivity index (χ3n) is 4.56. The summed E-state index contributed by atoms with van der Waals surface area (Å²) in [5.41, 5.74) is 0.806. The first-order valence-electron chi connectivity index (χ1n) is 8.93. The predicted octanol–water partition coefficient (Wildman–Crippen LogP) is 1.88. The summed E-state index contributed by atoms with van der Waals surface area (Å²) in [4.78, 5) is 61.9. The zero-order valence-electron chi connectivity index (χ0n) is 16.3. The van der Waals surface area contributed by atoms with Gasteiger partial charge in [0.05, 0.1) is 42.2 Å². The van der Waals surface area contributed by atoms with E-state index in [0.717, 1.165) is 4.90 Å². The number of imide groups is 1. The van der Waals surface area contributed by atoms with Crippen molar-refractivity contribution >= 4 is 35.3 Å². The summed E-state index contributed by atoms with van der Waals surface area (Å²) < 4.78 is 9.33. The van der Waals surface area contributed by atoms with Crippen LogP contribution in [0.2, 0.25) is 0 Å². The van der Waals surface area contributed by atoms with Gasteiger partial charge in [0.1, 0.15) is 0 Å². The van der Waals surface area contributed by atoms with Gasteiger partial charge in [-0.1, -0.05) is 12.1 Å². The first-order valence-corrected chi connectivity index (χ1v) is 8.93. The molecule has 0 fully saturated rings. The summed E-state index contributed by atoms with van der Waals surface area (Å²) in [6.07, 6.45) is -0.200. The number of hydrogen-bond donors (Lipinski definition) is 1. The van der Waals surface area contributed by atoms with Gasteiger partial charge in [-0.15, -0.1) is 0 Å². The molecule has 154 valence electrons. The van der Waals surface area contributed by atoms with Crippen molar-refractivity contribution in [3.63, 3.8) is 0 Å². The second-order valence-electron chi connectivity index (χ2n) is 6.35. The summed E-state index contributed by atoms with van der Waals surface area (Å²) in [6.45, 7) is -0.136. The Balaban J connectivity index is 1.73. The Hall–Kier alpha value is -4.01. The Kier molecular flexibility index (Phi) is 5.91. The van der Waals surface area contributed by atoms with E-state index in [4.69, 9.17) is 0 Å². The number of methoxy groups -OCH3 is 2. The van der Waals surface area contributed by atoms with Crippen molar-refractivity contribution in [2.24, 2.45) is 0 Å². The van der Waals surface area contributed by atoms with E-state index in [2.05, 4.69) is 14.8 Å². The standard InChI is InChI=1S/C21H18N2O7/c1-29-20(27)12-7-8-15(21(28)30-2)16(11-12)22-17(24)9-10-23-18(25)13-5-3-4-6-14(13)19(23)26/h3-8,11H,9-10H2,1-2H3,(H,22,24). The van der Waals surface area contributed by atoms with Gasteiger partial charge >= 0.3 is 11.9 Å². The molecule has 2 aromatic rings. The van der Waals surface area contributed by atoms with E-state index in [-0.39, 0.29) is 29.8 Å². The Morgan fingerprint density at radius 2 is 1.50 bits per heavy atom. The van der Waals surface area contributed by atoms with Crippen LogP contribution in [0.1, 0.15) is 47.9 Å². The van der Waals surface area contributed by atoms with Crippen LogP contribution in [0, 0.1) is 0 Å². The zero-order valence-corrected chi connectivity index (χ0v) is 16.3. The van der Waals surface area contributed by atoms with E-state index in [9.17, 15) is 24.0 Å². The first kappa shape index (κ1) is 20.7. The summed E-state index contributed by atoms with van der Waals surface area (Å²) in [5, 5.41) is 2.52. The molecular formula is C21H18N2O7. The second kappa shape index (κ2) is 8.56. The van der Waals surface area contributed by atoms with Crippen molar-refractivity contribution < 1.29 is 33.4 Å². The average Bonchev–Trinajstić information content (AvgIpc) is 3.01. The highest BCUT2D eigenvalue weighted by atomic mass is 16.5. The summed E-state index contributed by atoms with van der Waals surface area (Å²) >= 11 is 0. The topological polar surface area (TPSA) is 119 Å². The van der Waals surface area contributed by atoms with Crippen LogP contribution in [0.3, 0.4) is 0 Å². The lowest BCUT2D eigenvalue weighted by Gasteiger charge is -2.15. The van der Waals surface area contributed by atoms with Crippen LogP contribution in [0.25, 0.3) is 0 Å². The third kappa shape index (κ3) is 3.90. The van der Waals surface area contributed by atoms with E-state index in [1.807, 2.05) is 0 Å². The number of hydrogen-bond acceptors (Lipinski definition) is 7. The fourth-order valence-corrected chi connectivity index (χ4v) is 3.05. The van der Waals surface area contributed by atoms with Crippen LogP contribution in [0.4, 0.5) is 5.69 Å². The zero-order chi connectivity index (χ0) is 21.8. The number of rotatable bonds is 6. The smallest absolute Gasteiger partial charge is 0.339 e. The Morgan fingerprint density at radius 1 is 0.900 bits per heavy atom. The van der Waals surface area contributed by atoms with Gasteiger partial charge in [-0.05, 0) is 30.3 Å². The van der Waals surface area contributed by atoms with Gasteiger partial charge in [0.15, 0.2) is 0 Å². The highest BCUT2D eigenvalue weighted by Gasteiger charge is 2.35. The molecular weight excluding hydrogens is 392 g/mol. The highest BCUT2D eigenvalue weighted by Crippen LogP contribution is 2.23. The molecule has 0 spiro atoms. The lowest BCUT2D eigenvalue weighted by Crippen LogP contribution is -2.33. The molecule has 9 nitrogen and oxygen atoms in total. The monoisotopic (exact) mass is 410 g/mol. The summed E-state index contributed by atoms with van der Waals surface area (Å²) in [7, 11) is 2.39. The normalized spacial score (nSPS) is 12.4. The molecule has 1 heterocycles. The molecule has 0 aromatic heterocycles. The molecule has 9 heteroatoms. The molecule has 3 amide bonds. The van der Waals surface area contributed by atoms with E-state index < -0.39 is 29.7 Å². The van der Waals surface area contributed by atoms with Gasteiger partial charge in [-0.2, -0.15) is 0 Å². The first-order chi connectivity index (χ1) is 14.4. The van der Waals surface area contributed by atoms with E-state index in [1.54, 1.807) is 24.3 Å². The molecule has 1 aliphatic rings. The van der Waals surface area contributed by atoms with Crippen molar-refractivity contribution in [1.29, 1.82) is 0 Å². The van der Waals surface area contributed by atoms with E-state index in [1.165, 1.54) is 32.4 Å². The maximum atomic E-state index is 12.4. The maximum Gasteiger partial charge on any atom is 0.339 e. The lowest BCUT2D eigenvalue weighted by atomic mass is 10.1. The molecule has 1 aliphatic heterocycles. The van der Waals surface area contributed by atoms with E-state index in [0.29, 0.717) is 11.1 Å². The van der Waals surface area contributed by atoms with Crippen LogP contribution >= 0.6 is 0 Å². The summed E-state index contributed by atoms with van der Waals surface area (Å²) in [5.74, 6) is -2.84. The van der Waals surface area contributed by atoms with E-state index >= 15 is 0 Å². The highest BCUT2D eigenvalue weighted by molar-refractivity contribution is 6.21. The van der Waals surface area contributed by atoms with Crippen molar-refractivity contribution in [2.75, 3.05) is 26.1 Å². The molecule has 3 rings (SSSR count). The lowest BCUT2D eigenvalue weighted by molar-refractivity contribution is -0.116. The minimum atomic E-state index is -0.706. The van der Waals surface area contributed by atoms with Crippen LogP contribution in [0.15, 0.2) is 42.5 Å². The number of benzene rings is 2. The van der Waals surface area contributed by atoms with Crippen LogP contribution in [0.5, 0.6) is 0 Å². The van der Waals surface area contributed by atoms with Crippen molar-refractivity contribution in [3.8, 4) is 0 Å². The second-order valence-corrected chi connectivity index (χ2v) is 6.35. The van der Waals surface area contributed by atoms with Crippen molar-refractivity contribution in [3.05, 3.63) is 64.7 Å². The van der Waals surface area contributed by atoms with Gasteiger partial charge < -0.3 is 14.8 Å². The number of anilines is 1. The largest absolute Gasteiger partial charge is 0.465 e. The van der Waals surface area contributed by atoms with Crippen molar-refractivity contribution in [1.82, 2.24) is 4.90 Å². The molecule has 0 radical (unpaired) electrons. The Morgan fingerprint density at radius 3 is 2.07 bits per heavy atom. The number of esters is 2. The Bertz CT molecular complexity index is 1030. The molecule has 0 atom stereocenters.